The van der Waals surface area contributed by atoms with Gasteiger partial charge in [-0.3, -0.25) is 57.1 Å². The first-order valence-corrected chi connectivity index (χ1v) is 38.7. The van der Waals surface area contributed by atoms with E-state index in [0.29, 0.717) is 99.6 Å². The van der Waals surface area contributed by atoms with Crippen molar-refractivity contribution in [2.45, 2.75) is 103 Å². The molecule has 16 rings (SSSR count). The Kier molecular flexibility index (Phi) is 27.0. The van der Waals surface area contributed by atoms with Crippen LogP contribution in [0.4, 0.5) is 44.7 Å². The Balaban J connectivity index is 0.000000142. The highest BCUT2D eigenvalue weighted by molar-refractivity contribution is 6.30. The first-order valence-electron chi connectivity index (χ1n) is 37.6. The van der Waals surface area contributed by atoms with E-state index in [1.54, 1.807) is 97.6 Å². The molecule has 4 amide bonds. The number of anilines is 4. The number of hydrogen-bond acceptors (Lipinski definition) is 28. The van der Waals surface area contributed by atoms with Crippen LogP contribution in [0, 0.1) is 29.2 Å². The average Bonchev–Trinajstić information content (AvgIpc) is 1.58. The molecule has 4 atom stereocenters. The van der Waals surface area contributed by atoms with Gasteiger partial charge in [-0.1, -0.05) is 67.8 Å². The van der Waals surface area contributed by atoms with E-state index in [4.69, 9.17) is 63.2 Å². The number of fused-ring (bicyclic) bond motifs is 4. The minimum absolute atomic E-state index is 0.00842. The second kappa shape index (κ2) is 38.2. The first-order chi connectivity index (χ1) is 59.3. The molecule has 0 unspecified atom stereocenters. The molecular formula is C80H70Cl3F5N22O14. The number of halogens is 8. The van der Waals surface area contributed by atoms with Gasteiger partial charge in [-0.25, -0.2) is 47.5 Å². The monoisotopic (exact) mass is 1760 g/mol. The van der Waals surface area contributed by atoms with Gasteiger partial charge in [0.25, 0.3) is 11.8 Å². The van der Waals surface area contributed by atoms with E-state index in [1.807, 2.05) is 18.2 Å². The van der Waals surface area contributed by atoms with Gasteiger partial charge in [0.1, 0.15) is 97.3 Å². The zero-order valence-corrected chi connectivity index (χ0v) is 68.8. The number of rotatable bonds is 20. The number of nitrogens with one attached hydrogen (secondary N) is 4. The molecule has 0 radical (unpaired) electrons. The summed E-state index contributed by atoms with van der Waals surface area (Å²) in [6.07, 6.45) is 2.23. The van der Waals surface area contributed by atoms with Gasteiger partial charge in [0.05, 0.1) is 84.0 Å². The molecule has 0 saturated heterocycles. The van der Waals surface area contributed by atoms with Gasteiger partial charge in [0.15, 0.2) is 13.2 Å². The number of aromatic nitrogens is 18. The van der Waals surface area contributed by atoms with Gasteiger partial charge in [0, 0.05) is 86.4 Å². The lowest BCUT2D eigenvalue weighted by Gasteiger charge is -2.18. The Hall–Kier alpha value is -14.2. The van der Waals surface area contributed by atoms with Gasteiger partial charge in [-0.05, 0) is 124 Å². The molecule has 4 aliphatic heterocycles. The molecule has 0 spiro atoms. The average molecular weight is 1760 g/mol. The van der Waals surface area contributed by atoms with Crippen LogP contribution in [0.15, 0.2) is 110 Å². The number of benzene rings is 2. The molecule has 44 heteroatoms. The predicted molar refractivity (Wildman–Crippen MR) is 428 cm³/mol. The van der Waals surface area contributed by atoms with E-state index in [1.165, 1.54) is 43.9 Å². The molecule has 4 aliphatic rings. The number of amides is 4. The molecule has 0 fully saturated rings. The van der Waals surface area contributed by atoms with E-state index in [0.717, 1.165) is 47.0 Å². The van der Waals surface area contributed by atoms with Crippen molar-refractivity contribution in [1.82, 2.24) is 89.9 Å². The van der Waals surface area contributed by atoms with Crippen LogP contribution in [0.1, 0.15) is 121 Å². The van der Waals surface area contributed by atoms with Crippen molar-refractivity contribution in [1.29, 1.82) is 0 Å². The zero-order valence-electron chi connectivity index (χ0n) is 66.6. The van der Waals surface area contributed by atoms with E-state index >= 15 is 0 Å². The second-order valence-electron chi connectivity index (χ2n) is 28.0. The van der Waals surface area contributed by atoms with E-state index in [9.17, 15) is 60.3 Å². The molecule has 2 aromatic carbocycles. The van der Waals surface area contributed by atoms with Crippen LogP contribution in [-0.2, 0) is 124 Å². The van der Waals surface area contributed by atoms with Crippen molar-refractivity contribution in [3.8, 4) is 57.1 Å². The van der Waals surface area contributed by atoms with Crippen molar-refractivity contribution in [3.05, 3.63) is 211 Å². The highest BCUT2D eigenvalue weighted by atomic mass is 35.5. The minimum Gasteiger partial charge on any atom is -0.466 e. The third-order valence-electron chi connectivity index (χ3n) is 19.3. The topological polar surface area (TPSA) is 440 Å². The fourth-order valence-electron chi connectivity index (χ4n) is 13.1. The standard InChI is InChI=1S/2C21H19ClFN5O3.C19H16ClFN6O4.C19H16F2N6O4/c1-11(15-8-14(23)10-24-21(15)22)31-19(30)9-17-20(26-27-28(17)2)13-3-5-16-12(7-13)4-6-18(29)25-16;1-11(13-4-3-7-24-21(13)22)31-19(30)10-17-20(26-27-28(17)2)14-8-12-5-6-18(29)25-16(12)9-15(14)23;1-9(11-5-10(21)7-22-18(11)20)31-16(29)6-14-17(25-26-27(14)2)12-3-4-13-19(24-12)30-8-15(28)23-13;1-9(11-5-10(20)7-22-18(11)21)31-16(29)6-14-17(25-26-27(14)2)12-3-4-13-19(24-12)30-8-15(28)23-13/h3,5,7-8,10-11H,4,6,9H2,1-2H3,(H,25,29);3-4,7-9,11H,5-6,10H2,1-2H3,(H,25,29);2*3-5,7,9H,6,8H2,1-2H3,(H,23,28)/t2*11-;2*9-/m1111/s1. The summed E-state index contributed by atoms with van der Waals surface area (Å²) in [7, 11) is 6.53. The second-order valence-corrected chi connectivity index (χ2v) is 29.1. The lowest BCUT2D eigenvalue weighted by atomic mass is 9.97. The van der Waals surface area contributed by atoms with Crippen LogP contribution in [0.5, 0.6) is 11.8 Å². The van der Waals surface area contributed by atoms with Crippen molar-refractivity contribution >= 4 is 105 Å². The molecule has 124 heavy (non-hydrogen) atoms. The SMILES string of the molecule is C[C@@H](OC(=O)Cc1c(-c2cc3c(cc2F)NC(=O)CC3)nnn1C)c1cccnc1Cl.C[C@@H](OC(=O)Cc1c(-c2ccc3c(c2)CCC(=O)N3)nnn1C)c1cc(F)cnc1Cl.C[C@@H](OC(=O)Cc1c(-c2ccc3c(n2)OCC(=O)N3)nnn1C)c1cc(F)cnc1Cl.C[C@@H](OC(=O)Cc1c(-c2ccc3c(n2)OCC(=O)N3)nnn1C)c1cc(F)cnc1F. The molecular weight excluding hydrogens is 1690 g/mol. The molecule has 36 nitrogen and oxygen atoms in total. The maximum atomic E-state index is 14.8. The number of carbonyl (C=O) groups is 8. The maximum absolute atomic E-state index is 14.8. The maximum Gasteiger partial charge on any atom is 0.312 e. The Morgan fingerprint density at radius 3 is 1.30 bits per heavy atom. The number of esters is 4. The number of aryl methyl sites for hydroxylation is 6. The third kappa shape index (κ3) is 20.8. The number of pyridine rings is 6. The first kappa shape index (κ1) is 87.6. The van der Waals surface area contributed by atoms with Crippen molar-refractivity contribution < 1.29 is 88.7 Å². The molecule has 12 aromatic rings. The minimum atomic E-state index is -1.06. The number of carbonyl (C=O) groups excluding carboxylic acids is 8. The van der Waals surface area contributed by atoms with Crippen LogP contribution >= 0.6 is 34.8 Å². The fraction of sp³-hybridized carbons (Fsp3) is 0.275. The Labute approximate surface area is 713 Å². The number of nitrogens with zero attached hydrogens (tertiary/aromatic N) is 18. The summed E-state index contributed by atoms with van der Waals surface area (Å²) >= 11 is 18.0. The summed E-state index contributed by atoms with van der Waals surface area (Å²) in [5.74, 6) is -6.00. The van der Waals surface area contributed by atoms with Crippen molar-refractivity contribution in [2.75, 3.05) is 34.5 Å². The molecule has 14 heterocycles. The Bertz CT molecular complexity index is 5760. The summed E-state index contributed by atoms with van der Waals surface area (Å²) in [5.41, 5.74) is 9.95. The number of ether oxygens (including phenoxy) is 6. The van der Waals surface area contributed by atoms with E-state index in [2.05, 4.69) is 92.4 Å². The number of hydrogen-bond donors (Lipinski definition) is 4. The van der Waals surface area contributed by atoms with Crippen molar-refractivity contribution in [3.63, 3.8) is 0 Å². The molecule has 0 aliphatic carbocycles. The van der Waals surface area contributed by atoms with Crippen LogP contribution in [0.2, 0.25) is 15.5 Å². The Morgan fingerprint density at radius 2 is 0.815 bits per heavy atom. The summed E-state index contributed by atoms with van der Waals surface area (Å²) in [4.78, 5) is 120. The van der Waals surface area contributed by atoms with Crippen molar-refractivity contribution in [2.24, 2.45) is 28.2 Å². The highest BCUT2D eigenvalue weighted by Crippen LogP contribution is 2.38. The third-order valence-corrected chi connectivity index (χ3v) is 20.3. The zero-order chi connectivity index (χ0) is 88.5. The molecule has 640 valence electrons. The van der Waals surface area contributed by atoms with Crippen LogP contribution in [-0.4, -0.2) is 151 Å². The van der Waals surface area contributed by atoms with Crippen LogP contribution < -0.4 is 30.7 Å². The summed E-state index contributed by atoms with van der Waals surface area (Å²) < 4.78 is 107. The van der Waals surface area contributed by atoms with Gasteiger partial charge < -0.3 is 49.7 Å². The van der Waals surface area contributed by atoms with Gasteiger partial charge in [-0.15, -0.1) is 20.4 Å². The van der Waals surface area contributed by atoms with Gasteiger partial charge in [0.2, 0.25) is 29.5 Å². The lowest BCUT2D eigenvalue weighted by Crippen LogP contribution is -2.26. The fourth-order valence-corrected chi connectivity index (χ4v) is 13.9. The van der Waals surface area contributed by atoms with E-state index in [-0.39, 0.29) is 118 Å². The summed E-state index contributed by atoms with van der Waals surface area (Å²) in [6, 6.07) is 21.7. The normalized spacial score (nSPS) is 13.9. The molecule has 0 bridgehead atoms. The quantitative estimate of drug-likeness (QED) is 0.0238. The van der Waals surface area contributed by atoms with Crippen LogP contribution in [0.25, 0.3) is 45.3 Å². The van der Waals surface area contributed by atoms with Crippen LogP contribution in [0.3, 0.4) is 0 Å². The lowest BCUT2D eigenvalue weighted by molar-refractivity contribution is -0.149. The van der Waals surface area contributed by atoms with Gasteiger partial charge >= 0.3 is 23.9 Å². The highest BCUT2D eigenvalue weighted by Gasteiger charge is 2.31. The molecule has 4 N–H and O–H groups in total. The van der Waals surface area contributed by atoms with Gasteiger partial charge in [-0.2, -0.15) is 4.39 Å². The Morgan fingerprint density at radius 1 is 0.427 bits per heavy atom. The smallest absolute Gasteiger partial charge is 0.312 e. The summed E-state index contributed by atoms with van der Waals surface area (Å²) in [6.45, 7) is 5.97. The summed E-state index contributed by atoms with van der Waals surface area (Å²) in [5, 5.41) is 43.4. The van der Waals surface area contributed by atoms with E-state index < -0.39 is 77.5 Å². The largest absolute Gasteiger partial charge is 0.466 e. The molecule has 0 saturated carbocycles. The predicted octanol–water partition coefficient (Wildman–Crippen LogP) is 10.8. The molecule has 10 aromatic heterocycles.